The van der Waals surface area contributed by atoms with E-state index in [1.54, 1.807) is 6.08 Å². The maximum absolute atomic E-state index is 13.6. The van der Waals surface area contributed by atoms with Gasteiger partial charge in [-0.2, -0.15) is 26.3 Å². The number of benzene rings is 1. The second-order valence-corrected chi connectivity index (χ2v) is 11.6. The Balaban J connectivity index is 1.40. The van der Waals surface area contributed by atoms with Gasteiger partial charge in [0.15, 0.2) is 0 Å². The number of halogens is 6. The van der Waals surface area contributed by atoms with E-state index in [9.17, 15) is 35.9 Å². The van der Waals surface area contributed by atoms with E-state index in [0.717, 1.165) is 25.7 Å². The summed E-state index contributed by atoms with van der Waals surface area (Å²) < 4.78 is 80.4. The average molecular weight is 529 g/mol. The standard InChI is InChI=1S/C27H30F6N2O2/c1-24-11-9-17-15(4-8-21-25(17,2)12-10-22(36)35-21)16(24)6-7-19(24)23(37)34-20-13-14(26(28,29)30)3-5-18(20)27(31,32)33/h3,5,10,12-13,15-17,19,21H,4,6-9,11H2,1-2H3,(H,34,37)(H,35,36)/t15-,16-,17+,19+,21-,24-,25+/m0/s1. The Labute approximate surface area is 211 Å². The van der Waals surface area contributed by atoms with E-state index in [4.69, 9.17) is 0 Å². The fourth-order valence-electron chi connectivity index (χ4n) is 8.06. The lowest BCUT2D eigenvalue weighted by atomic mass is 9.48. The molecule has 5 rings (SSSR count). The van der Waals surface area contributed by atoms with Gasteiger partial charge >= 0.3 is 12.4 Å². The summed E-state index contributed by atoms with van der Waals surface area (Å²) in [6.45, 7) is 4.17. The molecule has 1 heterocycles. The van der Waals surface area contributed by atoms with Crippen LogP contribution in [0.1, 0.15) is 63.5 Å². The summed E-state index contributed by atoms with van der Waals surface area (Å²) >= 11 is 0. The molecule has 0 unspecified atom stereocenters. The van der Waals surface area contributed by atoms with Crippen molar-refractivity contribution in [2.24, 2.45) is 34.5 Å². The third-order valence-corrected chi connectivity index (χ3v) is 9.91. The number of fused-ring (bicyclic) bond motifs is 5. The highest BCUT2D eigenvalue weighted by Gasteiger charge is 2.61. The van der Waals surface area contributed by atoms with Crippen LogP contribution in [0.3, 0.4) is 0 Å². The number of amides is 2. The molecule has 2 amide bonds. The summed E-state index contributed by atoms with van der Waals surface area (Å²) in [5, 5.41) is 5.33. The summed E-state index contributed by atoms with van der Waals surface area (Å²) in [5.41, 5.74) is -4.06. The Hall–Kier alpha value is -2.52. The molecule has 37 heavy (non-hydrogen) atoms. The zero-order valence-electron chi connectivity index (χ0n) is 20.6. The smallest absolute Gasteiger partial charge is 0.349 e. The van der Waals surface area contributed by atoms with Crippen molar-refractivity contribution in [3.05, 3.63) is 41.5 Å². The van der Waals surface area contributed by atoms with Crippen molar-refractivity contribution in [2.75, 3.05) is 5.32 Å². The third-order valence-electron chi connectivity index (χ3n) is 9.91. The van der Waals surface area contributed by atoms with E-state index < -0.39 is 46.4 Å². The van der Waals surface area contributed by atoms with Crippen LogP contribution in [0.2, 0.25) is 0 Å². The van der Waals surface area contributed by atoms with Crippen LogP contribution in [0.25, 0.3) is 0 Å². The number of hydrogen-bond acceptors (Lipinski definition) is 2. The molecule has 4 aliphatic rings. The van der Waals surface area contributed by atoms with E-state index in [2.05, 4.69) is 17.6 Å². The van der Waals surface area contributed by atoms with Gasteiger partial charge in [0.2, 0.25) is 11.8 Å². The average Bonchev–Trinajstić information content (AvgIpc) is 3.15. The molecule has 202 valence electrons. The van der Waals surface area contributed by atoms with E-state index in [1.807, 2.05) is 13.0 Å². The number of rotatable bonds is 2. The van der Waals surface area contributed by atoms with Gasteiger partial charge in [-0.15, -0.1) is 0 Å². The highest BCUT2D eigenvalue weighted by molar-refractivity contribution is 5.94. The molecular formula is C27H30F6N2O2. The molecule has 0 saturated heterocycles. The minimum absolute atomic E-state index is 0.0535. The second-order valence-electron chi connectivity index (χ2n) is 11.6. The first-order chi connectivity index (χ1) is 17.1. The van der Waals surface area contributed by atoms with Crippen LogP contribution in [0.5, 0.6) is 0 Å². The largest absolute Gasteiger partial charge is 0.418 e. The van der Waals surface area contributed by atoms with Gasteiger partial charge in [-0.3, -0.25) is 9.59 Å². The first-order valence-corrected chi connectivity index (χ1v) is 12.7. The number of carbonyl (C=O) groups excluding carboxylic acids is 2. The molecule has 7 atom stereocenters. The Morgan fingerprint density at radius 2 is 1.70 bits per heavy atom. The molecule has 1 aromatic carbocycles. The van der Waals surface area contributed by atoms with E-state index in [-0.39, 0.29) is 23.3 Å². The molecule has 2 N–H and O–H groups in total. The fraction of sp³-hybridized carbons (Fsp3) is 0.630. The SMILES string of the molecule is C[C@]12C=CC(=O)N[C@H]1CC[C@@H]1[C@H]2CC[C@]2(C)[C@@H](C(=O)Nc3cc(C(F)(F)F)ccc3C(F)(F)F)CC[C@@H]12. The van der Waals surface area contributed by atoms with E-state index in [1.165, 1.54) is 0 Å². The molecule has 4 nitrogen and oxygen atoms in total. The van der Waals surface area contributed by atoms with Crippen LogP contribution in [0.15, 0.2) is 30.4 Å². The normalized spacial score (nSPS) is 37.3. The van der Waals surface area contributed by atoms with Gasteiger partial charge in [-0.05, 0) is 86.0 Å². The minimum atomic E-state index is -4.91. The predicted molar refractivity (Wildman–Crippen MR) is 124 cm³/mol. The maximum atomic E-state index is 13.6. The van der Waals surface area contributed by atoms with Crippen LogP contribution in [0, 0.1) is 34.5 Å². The first-order valence-electron chi connectivity index (χ1n) is 12.7. The lowest BCUT2D eigenvalue weighted by Crippen LogP contribution is -2.59. The predicted octanol–water partition coefficient (Wildman–Crippen LogP) is 6.58. The van der Waals surface area contributed by atoms with E-state index >= 15 is 0 Å². The molecule has 0 spiro atoms. The number of carbonyl (C=O) groups is 2. The van der Waals surface area contributed by atoms with Crippen molar-refractivity contribution >= 4 is 17.5 Å². The molecule has 0 radical (unpaired) electrons. The van der Waals surface area contributed by atoms with Gasteiger partial charge in [0.25, 0.3) is 0 Å². The Morgan fingerprint density at radius 3 is 2.38 bits per heavy atom. The maximum Gasteiger partial charge on any atom is 0.418 e. The van der Waals surface area contributed by atoms with Crippen LogP contribution in [0.4, 0.5) is 32.0 Å². The lowest BCUT2D eigenvalue weighted by Gasteiger charge is -2.58. The van der Waals surface area contributed by atoms with Gasteiger partial charge in [0.1, 0.15) is 0 Å². The van der Waals surface area contributed by atoms with Gasteiger partial charge in [0, 0.05) is 17.4 Å². The first kappa shape index (κ1) is 26.1. The lowest BCUT2D eigenvalue weighted by molar-refractivity contribution is -0.141. The van der Waals surface area contributed by atoms with Crippen molar-refractivity contribution in [1.29, 1.82) is 0 Å². The molecule has 10 heteroatoms. The molecule has 0 bridgehead atoms. The Morgan fingerprint density at radius 1 is 0.973 bits per heavy atom. The molecule has 1 aliphatic heterocycles. The van der Waals surface area contributed by atoms with Crippen LogP contribution < -0.4 is 10.6 Å². The number of alkyl halides is 6. The zero-order chi connectivity index (χ0) is 27.0. The topological polar surface area (TPSA) is 58.2 Å². The molecule has 0 aromatic heterocycles. The minimum Gasteiger partial charge on any atom is -0.349 e. The summed E-state index contributed by atoms with van der Waals surface area (Å²) in [6.07, 6.45) is -1.73. The van der Waals surface area contributed by atoms with Crippen molar-refractivity contribution < 1.29 is 35.9 Å². The van der Waals surface area contributed by atoms with Crippen LogP contribution in [-0.2, 0) is 21.9 Å². The highest BCUT2D eigenvalue weighted by Crippen LogP contribution is 2.65. The van der Waals surface area contributed by atoms with Gasteiger partial charge < -0.3 is 10.6 Å². The quantitative estimate of drug-likeness (QED) is 0.427. The summed E-state index contributed by atoms with van der Waals surface area (Å²) in [4.78, 5) is 25.3. The number of hydrogen-bond donors (Lipinski definition) is 2. The van der Waals surface area contributed by atoms with Crippen molar-refractivity contribution in [3.63, 3.8) is 0 Å². The van der Waals surface area contributed by atoms with Gasteiger partial charge in [-0.1, -0.05) is 19.9 Å². The highest BCUT2D eigenvalue weighted by atomic mass is 19.4. The summed E-state index contributed by atoms with van der Waals surface area (Å²) in [5.74, 6) is -0.555. The molecule has 3 aliphatic carbocycles. The Kier molecular flexibility index (Phi) is 5.99. The van der Waals surface area contributed by atoms with Gasteiger partial charge in [-0.25, -0.2) is 0 Å². The molecule has 1 aromatic rings. The van der Waals surface area contributed by atoms with Gasteiger partial charge in [0.05, 0.1) is 16.8 Å². The van der Waals surface area contributed by atoms with E-state index in [0.29, 0.717) is 42.9 Å². The summed E-state index contributed by atoms with van der Waals surface area (Å²) in [7, 11) is 0. The zero-order valence-corrected chi connectivity index (χ0v) is 20.6. The molecular weight excluding hydrogens is 498 g/mol. The molecule has 3 saturated carbocycles. The fourth-order valence-corrected chi connectivity index (χ4v) is 8.06. The second kappa shape index (κ2) is 8.50. The van der Waals surface area contributed by atoms with Crippen molar-refractivity contribution in [3.8, 4) is 0 Å². The van der Waals surface area contributed by atoms with Crippen LogP contribution in [-0.4, -0.2) is 17.9 Å². The monoisotopic (exact) mass is 528 g/mol. The van der Waals surface area contributed by atoms with Crippen LogP contribution >= 0.6 is 0 Å². The molecule has 3 fully saturated rings. The Bertz CT molecular complexity index is 1140. The number of nitrogens with one attached hydrogen (secondary N) is 2. The summed E-state index contributed by atoms with van der Waals surface area (Å²) in [6, 6.07) is 1.18. The third kappa shape index (κ3) is 4.24. The van der Waals surface area contributed by atoms with Crippen molar-refractivity contribution in [2.45, 2.75) is 70.8 Å². The number of anilines is 1. The van der Waals surface area contributed by atoms with Crippen molar-refractivity contribution in [1.82, 2.24) is 5.32 Å².